The highest BCUT2D eigenvalue weighted by Crippen LogP contribution is 2.68. The van der Waals surface area contributed by atoms with Crippen LogP contribution >= 0.6 is 23.5 Å². The van der Waals surface area contributed by atoms with Crippen LogP contribution in [0.3, 0.4) is 0 Å². The average molecular weight is 451 g/mol. The minimum Gasteiger partial charge on any atom is -0.756 e. The topological polar surface area (TPSA) is 176 Å². The van der Waals surface area contributed by atoms with Crippen molar-refractivity contribution in [2.45, 2.75) is 38.0 Å². The summed E-state index contributed by atoms with van der Waals surface area (Å²) in [4.78, 5) is 32.3. The van der Waals surface area contributed by atoms with Gasteiger partial charge in [-0.15, -0.1) is 0 Å². The summed E-state index contributed by atoms with van der Waals surface area (Å²) in [5, 5.41) is 0. The first-order chi connectivity index (χ1) is 12.4. The largest absolute Gasteiger partial charge is 0.756 e. The molecule has 27 heavy (non-hydrogen) atoms. The van der Waals surface area contributed by atoms with Crippen LogP contribution in [0.1, 0.15) is 19.8 Å². The van der Waals surface area contributed by atoms with Gasteiger partial charge in [0.25, 0.3) is 7.82 Å². The average Bonchev–Trinajstić information content (AvgIpc) is 2.91. The van der Waals surface area contributed by atoms with E-state index in [1.807, 2.05) is 0 Å². The normalized spacial score (nSPS) is 29.4. The van der Waals surface area contributed by atoms with Gasteiger partial charge in [-0.2, -0.15) is 4.31 Å². The van der Waals surface area contributed by atoms with Gasteiger partial charge in [-0.1, -0.05) is 6.92 Å². The van der Waals surface area contributed by atoms with Crippen molar-refractivity contribution in [1.82, 2.24) is 0 Å². The van der Waals surface area contributed by atoms with E-state index in [0.717, 1.165) is 7.11 Å². The lowest BCUT2D eigenvalue weighted by Gasteiger charge is -2.28. The van der Waals surface area contributed by atoms with Gasteiger partial charge in [-0.3, -0.25) is 18.4 Å². The molecule has 1 rings (SSSR count). The first-order valence-electron chi connectivity index (χ1n) is 7.38. The molecule has 0 saturated carbocycles. The highest BCUT2D eigenvalue weighted by Gasteiger charge is 2.41. The Morgan fingerprint density at radius 2 is 1.89 bits per heavy atom. The monoisotopic (exact) mass is 451 g/mol. The zero-order chi connectivity index (χ0) is 20.9. The summed E-state index contributed by atoms with van der Waals surface area (Å²) in [5.41, 5.74) is 0. The molecule has 1 aliphatic rings. The number of ether oxygens (including phenoxy) is 2. The third-order valence-corrected chi connectivity index (χ3v) is 7.65. The van der Waals surface area contributed by atoms with Crippen molar-refractivity contribution in [1.29, 1.82) is 0 Å². The molecule has 1 aliphatic heterocycles. The van der Waals surface area contributed by atoms with Crippen LogP contribution in [0.4, 0.5) is 0 Å². The zero-order valence-corrected chi connectivity index (χ0v) is 17.3. The zero-order valence-electron chi connectivity index (χ0n) is 14.6. The predicted molar refractivity (Wildman–Crippen MR) is 86.4 cm³/mol. The van der Waals surface area contributed by atoms with Crippen LogP contribution in [0.5, 0.6) is 0 Å². The van der Waals surface area contributed by atoms with E-state index in [4.69, 9.17) is 22.2 Å². The molecule has 2 radical (unpaired) electrons. The Morgan fingerprint density at radius 1 is 1.26 bits per heavy atom. The van der Waals surface area contributed by atoms with E-state index in [1.54, 1.807) is 6.92 Å². The van der Waals surface area contributed by atoms with Crippen LogP contribution in [-0.4, -0.2) is 57.7 Å². The van der Waals surface area contributed by atoms with E-state index in [2.05, 4.69) is 22.2 Å². The van der Waals surface area contributed by atoms with Gasteiger partial charge in [-0.25, -0.2) is 13.4 Å². The molecule has 0 aliphatic carbocycles. The molecule has 1 N–H and O–H groups in total. The van der Waals surface area contributed by atoms with E-state index in [0.29, 0.717) is 7.11 Å². The van der Waals surface area contributed by atoms with E-state index >= 15 is 0 Å². The van der Waals surface area contributed by atoms with Crippen LogP contribution in [0.15, 0.2) is 0 Å². The molecule has 1 fully saturated rings. The van der Waals surface area contributed by atoms with Crippen LogP contribution in [-0.2, 0) is 50.2 Å². The standard InChI is InChI=1S/C10H20BO13P3/c1-4-10(12)22-7-5-9(11)21-8(7)6-20-26(15,16)24-27(17,19-3)23-25(13,14)18-2/h7-9H,4-6H2,1-3H3,(H,13,14)(H,15,16)/p-1. The van der Waals surface area contributed by atoms with Crippen molar-refractivity contribution in [3.63, 3.8) is 0 Å². The predicted octanol–water partition coefficient (Wildman–Crippen LogP) is 0.611. The summed E-state index contributed by atoms with van der Waals surface area (Å²) >= 11 is 0. The number of rotatable bonds is 11. The van der Waals surface area contributed by atoms with Gasteiger partial charge in [0.15, 0.2) is 0 Å². The number of hydrogen-bond donors (Lipinski definition) is 1. The molecule has 0 aromatic rings. The van der Waals surface area contributed by atoms with E-state index in [9.17, 15) is 23.4 Å². The molecule has 0 bridgehead atoms. The minimum atomic E-state index is -5.38. The fourth-order valence-corrected chi connectivity index (χ4v) is 5.52. The molecule has 1 saturated heterocycles. The fraction of sp³-hybridized carbons (Fsp3) is 0.900. The number of carbonyl (C=O) groups excluding carboxylic acids is 1. The smallest absolute Gasteiger partial charge is 0.489 e. The Kier molecular flexibility index (Phi) is 9.32. The second kappa shape index (κ2) is 10.1. The Balaban J connectivity index is 2.73. The summed E-state index contributed by atoms with van der Waals surface area (Å²) < 4.78 is 66.3. The second-order valence-electron chi connectivity index (χ2n) is 5.02. The lowest BCUT2D eigenvalue weighted by Crippen LogP contribution is -2.31. The van der Waals surface area contributed by atoms with Crippen molar-refractivity contribution in [2.24, 2.45) is 0 Å². The van der Waals surface area contributed by atoms with Crippen molar-refractivity contribution in [3.8, 4) is 0 Å². The van der Waals surface area contributed by atoms with Crippen molar-refractivity contribution < 1.29 is 59.9 Å². The highest BCUT2D eigenvalue weighted by atomic mass is 31.3. The molecule has 0 aromatic carbocycles. The molecular formula is C10H19BO13P3-. The Morgan fingerprint density at radius 3 is 2.41 bits per heavy atom. The van der Waals surface area contributed by atoms with Crippen LogP contribution in [0.25, 0.3) is 0 Å². The maximum atomic E-state index is 12.0. The van der Waals surface area contributed by atoms with Gasteiger partial charge in [-0.05, 0) is 0 Å². The molecule has 6 unspecified atom stereocenters. The molecule has 0 aromatic heterocycles. The van der Waals surface area contributed by atoms with Gasteiger partial charge in [0.05, 0.1) is 6.61 Å². The van der Waals surface area contributed by atoms with E-state index in [1.165, 1.54) is 0 Å². The lowest BCUT2D eigenvalue weighted by molar-refractivity contribution is -0.220. The molecule has 1 heterocycles. The number of phosphoric acid groups is 3. The number of hydrogen-bond acceptors (Lipinski definition) is 12. The van der Waals surface area contributed by atoms with Gasteiger partial charge < -0.3 is 23.8 Å². The molecule has 156 valence electrons. The van der Waals surface area contributed by atoms with Gasteiger partial charge in [0, 0.05) is 33.1 Å². The van der Waals surface area contributed by atoms with E-state index < -0.39 is 54.3 Å². The lowest BCUT2D eigenvalue weighted by atomic mass is 9.96. The maximum absolute atomic E-state index is 12.0. The maximum Gasteiger partial charge on any atom is 0.489 e. The summed E-state index contributed by atoms with van der Waals surface area (Å²) in [6.07, 6.45) is -1.74. The molecule has 0 amide bonds. The number of esters is 1. The Labute approximate surface area is 156 Å². The van der Waals surface area contributed by atoms with Gasteiger partial charge in [0.2, 0.25) is 0 Å². The third kappa shape index (κ3) is 8.43. The number of phosphoric ester groups is 2. The number of carbonyl (C=O) groups is 1. The van der Waals surface area contributed by atoms with E-state index in [-0.39, 0.29) is 12.8 Å². The second-order valence-corrected chi connectivity index (χ2v) is 10.0. The first-order valence-corrected chi connectivity index (χ1v) is 11.8. The molecular weight excluding hydrogens is 432 g/mol. The fourth-order valence-electron chi connectivity index (χ4n) is 1.82. The van der Waals surface area contributed by atoms with Gasteiger partial charge >= 0.3 is 21.6 Å². The summed E-state index contributed by atoms with van der Waals surface area (Å²) in [5.74, 6) is -0.556. The van der Waals surface area contributed by atoms with Gasteiger partial charge in [0.1, 0.15) is 20.1 Å². The highest BCUT2D eigenvalue weighted by molar-refractivity contribution is 7.67. The molecule has 13 nitrogen and oxygen atoms in total. The van der Waals surface area contributed by atoms with Crippen molar-refractivity contribution in [2.75, 3.05) is 20.8 Å². The Bertz CT molecular complexity index is 656. The van der Waals surface area contributed by atoms with Crippen LogP contribution < -0.4 is 4.89 Å². The summed E-state index contributed by atoms with van der Waals surface area (Å²) in [6, 6.07) is -0.824. The van der Waals surface area contributed by atoms with Crippen LogP contribution in [0.2, 0.25) is 0 Å². The summed E-state index contributed by atoms with van der Waals surface area (Å²) in [7, 11) is -8.32. The Hall–Kier alpha value is -0.0951. The van der Waals surface area contributed by atoms with Crippen molar-refractivity contribution in [3.05, 3.63) is 0 Å². The van der Waals surface area contributed by atoms with Crippen molar-refractivity contribution >= 4 is 37.3 Å². The third-order valence-electron chi connectivity index (χ3n) is 3.05. The molecule has 0 spiro atoms. The summed E-state index contributed by atoms with van der Waals surface area (Å²) in [6.45, 7) is 0.854. The minimum absolute atomic E-state index is 0.0809. The molecule has 17 heteroatoms. The molecule has 6 atom stereocenters. The first kappa shape index (κ1) is 24.9. The quantitative estimate of drug-likeness (QED) is 0.263. The SMILES string of the molecule is [B]C1CC(OC(=O)CC)C(COP(=O)([O-])OP(=O)(OC)OP(=O)(O)OC)O1. The van der Waals surface area contributed by atoms with Crippen LogP contribution in [0, 0.1) is 0 Å².